The third-order valence-corrected chi connectivity index (χ3v) is 8.47. The highest BCUT2D eigenvalue weighted by Gasteiger charge is 2.40. The lowest BCUT2D eigenvalue weighted by atomic mass is 9.89. The number of nitrogens with zero attached hydrogens (tertiary/aromatic N) is 1. The summed E-state index contributed by atoms with van der Waals surface area (Å²) in [4.78, 5) is 2.56. The molecule has 39 heavy (non-hydrogen) atoms. The molecule has 1 heterocycles. The Morgan fingerprint density at radius 1 is 0.949 bits per heavy atom. The maximum atomic E-state index is 9.54. The van der Waals surface area contributed by atoms with Gasteiger partial charge in [-0.15, -0.1) is 6.58 Å². The predicted molar refractivity (Wildman–Crippen MR) is 157 cm³/mol. The van der Waals surface area contributed by atoms with Crippen LogP contribution in [0, 0.1) is 5.92 Å². The third kappa shape index (κ3) is 6.34. The average molecular weight is 527 g/mol. The molecule has 0 unspecified atom stereocenters. The van der Waals surface area contributed by atoms with Gasteiger partial charge in [0.05, 0.1) is 18.8 Å². The molecule has 0 aromatic heterocycles. The van der Waals surface area contributed by atoms with Gasteiger partial charge in [0.15, 0.2) is 6.29 Å². The molecule has 1 aliphatic heterocycles. The van der Waals surface area contributed by atoms with Crippen molar-refractivity contribution in [3.8, 4) is 11.1 Å². The van der Waals surface area contributed by atoms with Gasteiger partial charge in [0.25, 0.3) is 0 Å². The normalized spacial score (nSPS) is 23.8. The van der Waals surface area contributed by atoms with Crippen molar-refractivity contribution in [1.82, 2.24) is 4.90 Å². The summed E-state index contributed by atoms with van der Waals surface area (Å²) >= 11 is 0. The van der Waals surface area contributed by atoms with Gasteiger partial charge >= 0.3 is 0 Å². The van der Waals surface area contributed by atoms with Crippen LogP contribution in [0.25, 0.3) is 11.1 Å². The molecule has 2 aliphatic rings. The fourth-order valence-corrected chi connectivity index (χ4v) is 6.17. The number of ether oxygens (including phenoxy) is 2. The summed E-state index contributed by atoms with van der Waals surface area (Å²) in [6, 6.07) is 25.5. The first kappa shape index (κ1) is 27.8. The second-order valence-electron chi connectivity index (χ2n) is 11.0. The number of benzene rings is 3. The Morgan fingerprint density at radius 2 is 1.64 bits per heavy atom. The van der Waals surface area contributed by atoms with Gasteiger partial charge in [0.1, 0.15) is 0 Å². The first-order valence-electron chi connectivity index (χ1n) is 14.3. The van der Waals surface area contributed by atoms with Crippen molar-refractivity contribution in [2.45, 2.75) is 70.3 Å². The van der Waals surface area contributed by atoms with Crippen molar-refractivity contribution in [2.75, 3.05) is 13.1 Å². The molecule has 5 heteroatoms. The molecular formula is C34H42N2O3. The molecule has 3 aromatic rings. The number of aliphatic hydroxyl groups is 1. The van der Waals surface area contributed by atoms with Crippen LogP contribution in [0.15, 0.2) is 85.5 Å². The Bertz CT molecular complexity index is 1200. The van der Waals surface area contributed by atoms with Crippen molar-refractivity contribution < 1.29 is 14.6 Å². The lowest BCUT2D eigenvalue weighted by Gasteiger charge is -2.43. The van der Waals surface area contributed by atoms with Gasteiger partial charge in [-0.1, -0.05) is 98.6 Å². The average Bonchev–Trinajstić information content (AvgIpc) is 3.53. The van der Waals surface area contributed by atoms with Crippen LogP contribution in [-0.2, 0) is 22.6 Å². The fourth-order valence-electron chi connectivity index (χ4n) is 6.17. The van der Waals surface area contributed by atoms with Gasteiger partial charge in [0.2, 0.25) is 0 Å². The van der Waals surface area contributed by atoms with Gasteiger partial charge < -0.3 is 20.3 Å². The van der Waals surface area contributed by atoms with Crippen molar-refractivity contribution in [1.29, 1.82) is 0 Å². The first-order chi connectivity index (χ1) is 19.1. The molecule has 5 nitrogen and oxygen atoms in total. The zero-order valence-corrected chi connectivity index (χ0v) is 23.0. The van der Waals surface area contributed by atoms with Gasteiger partial charge in [0, 0.05) is 37.2 Å². The summed E-state index contributed by atoms with van der Waals surface area (Å²) in [7, 11) is 0. The lowest BCUT2D eigenvalue weighted by molar-refractivity contribution is -0.276. The van der Waals surface area contributed by atoms with Crippen molar-refractivity contribution >= 4 is 0 Å². The maximum absolute atomic E-state index is 9.54. The highest BCUT2D eigenvalue weighted by molar-refractivity contribution is 5.67. The van der Waals surface area contributed by atoms with E-state index in [1.165, 1.54) is 25.7 Å². The summed E-state index contributed by atoms with van der Waals surface area (Å²) < 4.78 is 13.4. The molecular weight excluding hydrogens is 484 g/mol. The summed E-state index contributed by atoms with van der Waals surface area (Å²) in [5.41, 5.74) is 12.4. The minimum Gasteiger partial charge on any atom is -0.392 e. The van der Waals surface area contributed by atoms with Gasteiger partial charge in [-0.05, 0) is 40.7 Å². The molecule has 5 rings (SSSR count). The number of hydrogen-bond donors (Lipinski definition) is 2. The van der Waals surface area contributed by atoms with Crippen LogP contribution in [0.1, 0.15) is 67.3 Å². The van der Waals surface area contributed by atoms with Gasteiger partial charge in [-0.2, -0.15) is 0 Å². The second kappa shape index (κ2) is 13.0. The molecule has 3 aromatic carbocycles. The lowest BCUT2D eigenvalue weighted by Crippen LogP contribution is -2.47. The predicted octanol–water partition coefficient (Wildman–Crippen LogP) is 6.53. The minimum absolute atomic E-state index is 0.00413. The zero-order chi connectivity index (χ0) is 27.2. The summed E-state index contributed by atoms with van der Waals surface area (Å²) in [6.07, 6.45) is 6.51. The van der Waals surface area contributed by atoms with Gasteiger partial charge in [-0.3, -0.25) is 4.90 Å². The molecule has 4 atom stereocenters. The smallest absolute Gasteiger partial charge is 0.184 e. The Labute approximate surface area is 233 Å². The highest BCUT2D eigenvalue weighted by atomic mass is 16.7. The molecule has 2 fully saturated rings. The zero-order valence-electron chi connectivity index (χ0n) is 23.0. The fraction of sp³-hybridized carbons (Fsp3) is 0.412. The van der Waals surface area contributed by atoms with E-state index < -0.39 is 6.29 Å². The van der Waals surface area contributed by atoms with Crippen molar-refractivity contribution in [2.24, 2.45) is 11.7 Å². The van der Waals surface area contributed by atoms with Crippen LogP contribution < -0.4 is 5.73 Å². The molecule has 206 valence electrons. The molecule has 0 amide bonds. The van der Waals surface area contributed by atoms with Crippen molar-refractivity contribution in [3.05, 3.63) is 108 Å². The standard InChI is InChI=1S/C34H42N2O3/c1-3-20-36(30-9-5-6-10-30)22-32-24(2)33(27-14-12-25(23-37)13-15-27)39-34(38-32)28-18-16-26(17-19-28)31-11-7-4-8-29(31)21-35/h3-4,7-8,11-19,24,30,32-34,37H,1,5-6,9-10,20-23,35H2,2H3/t24-,32+,33+,34+/m0/s1. The van der Waals surface area contributed by atoms with E-state index in [9.17, 15) is 5.11 Å². The highest BCUT2D eigenvalue weighted by Crippen LogP contribution is 2.42. The number of aliphatic hydroxyl groups excluding tert-OH is 1. The van der Waals surface area contributed by atoms with Crippen LogP contribution >= 0.6 is 0 Å². The second-order valence-corrected chi connectivity index (χ2v) is 11.0. The molecule has 0 radical (unpaired) electrons. The van der Waals surface area contributed by atoms with Crippen LogP contribution in [0.3, 0.4) is 0 Å². The Morgan fingerprint density at radius 3 is 2.31 bits per heavy atom. The van der Waals surface area contributed by atoms with E-state index in [2.05, 4.69) is 66.9 Å². The molecule has 1 aliphatic carbocycles. The van der Waals surface area contributed by atoms with E-state index in [-0.39, 0.29) is 24.7 Å². The van der Waals surface area contributed by atoms with Gasteiger partial charge in [-0.25, -0.2) is 0 Å². The first-order valence-corrected chi connectivity index (χ1v) is 14.3. The van der Waals surface area contributed by atoms with E-state index in [4.69, 9.17) is 15.2 Å². The quantitative estimate of drug-likeness (QED) is 0.294. The largest absolute Gasteiger partial charge is 0.392 e. The third-order valence-electron chi connectivity index (χ3n) is 8.47. The minimum atomic E-state index is -0.471. The Balaban J connectivity index is 1.42. The topological polar surface area (TPSA) is 68.0 Å². The monoisotopic (exact) mass is 526 g/mol. The van der Waals surface area contributed by atoms with Crippen LogP contribution in [-0.4, -0.2) is 35.2 Å². The number of hydrogen-bond acceptors (Lipinski definition) is 5. The van der Waals surface area contributed by atoms with E-state index in [1.807, 2.05) is 30.3 Å². The van der Waals surface area contributed by atoms with Crippen LogP contribution in [0.2, 0.25) is 0 Å². The van der Waals surface area contributed by atoms with Crippen molar-refractivity contribution in [3.63, 3.8) is 0 Å². The maximum Gasteiger partial charge on any atom is 0.184 e. The SMILES string of the molecule is C=CCN(C[C@H]1O[C@@H](c2ccc(-c3ccccc3CN)cc2)O[C@@H](c2ccc(CO)cc2)[C@H]1C)C1CCCC1. The summed E-state index contributed by atoms with van der Waals surface area (Å²) in [5, 5.41) is 9.54. The summed E-state index contributed by atoms with van der Waals surface area (Å²) in [6.45, 7) is 8.53. The molecule has 1 saturated carbocycles. The number of nitrogens with two attached hydrogens (primary N) is 1. The van der Waals surface area contributed by atoms with E-state index in [0.717, 1.165) is 46.5 Å². The summed E-state index contributed by atoms with van der Waals surface area (Å²) in [5.74, 6) is 0.158. The van der Waals surface area contributed by atoms with E-state index in [0.29, 0.717) is 12.6 Å². The van der Waals surface area contributed by atoms with Crippen LogP contribution in [0.4, 0.5) is 0 Å². The molecule has 0 bridgehead atoms. The Kier molecular flexibility index (Phi) is 9.28. The molecule has 1 saturated heterocycles. The molecule has 0 spiro atoms. The van der Waals surface area contributed by atoms with E-state index >= 15 is 0 Å². The number of rotatable bonds is 10. The Hall–Kier alpha value is -2.80. The van der Waals surface area contributed by atoms with Crippen LogP contribution in [0.5, 0.6) is 0 Å². The van der Waals surface area contributed by atoms with E-state index in [1.54, 1.807) is 0 Å². The molecule has 3 N–H and O–H groups in total.